The van der Waals surface area contributed by atoms with Crippen molar-refractivity contribution in [2.24, 2.45) is 46.3 Å². The molecule has 0 heterocycles. The van der Waals surface area contributed by atoms with E-state index >= 15 is 0 Å². The molecule has 2 heteroatoms. The Bertz CT molecular complexity index is 666. The van der Waals surface area contributed by atoms with Gasteiger partial charge in [0.15, 0.2) is 0 Å². The number of carbonyl (C=O) groups excluding carboxylic acids is 1. The highest BCUT2D eigenvalue weighted by molar-refractivity contribution is 5.79. The molecule has 0 aromatic carbocycles. The maximum atomic E-state index is 12.1. The van der Waals surface area contributed by atoms with Gasteiger partial charge < -0.3 is 5.11 Å². The Morgan fingerprint density at radius 2 is 1.83 bits per heavy atom. The molecule has 8 unspecified atom stereocenters. The highest BCUT2D eigenvalue weighted by Gasteiger charge is 2.56. The number of allylic oxidation sites excluding steroid dienone is 2. The molecule has 0 saturated heterocycles. The van der Waals surface area contributed by atoms with Crippen LogP contribution in [0.15, 0.2) is 11.6 Å². The molecule has 0 bridgehead atoms. The van der Waals surface area contributed by atoms with E-state index in [-0.39, 0.29) is 0 Å². The molecule has 4 aliphatic carbocycles. The van der Waals surface area contributed by atoms with Crippen LogP contribution in [0.4, 0.5) is 0 Å². The van der Waals surface area contributed by atoms with Crippen LogP contribution in [0.1, 0.15) is 105 Å². The average Bonchev–Trinajstić information content (AvgIpc) is 2.72. The molecule has 0 aliphatic heterocycles. The first kappa shape index (κ1) is 22.6. The summed E-state index contributed by atoms with van der Waals surface area (Å²) in [4.78, 5) is 12.1. The minimum absolute atomic E-state index is 0.332. The maximum Gasteiger partial charge on any atom is 0.133 e. The van der Waals surface area contributed by atoms with Crippen LogP contribution >= 0.6 is 0 Å². The molecule has 4 rings (SSSR count). The van der Waals surface area contributed by atoms with E-state index in [1.807, 2.05) is 5.57 Å². The largest absolute Gasteiger partial charge is 0.396 e. The molecular formula is C28H46O2. The van der Waals surface area contributed by atoms with Crippen molar-refractivity contribution in [1.29, 1.82) is 0 Å². The molecule has 170 valence electrons. The molecule has 0 aromatic rings. The third-order valence-electron chi connectivity index (χ3n) is 10.6. The fourth-order valence-electron chi connectivity index (χ4n) is 8.55. The van der Waals surface area contributed by atoms with Gasteiger partial charge in [0.2, 0.25) is 0 Å². The van der Waals surface area contributed by atoms with Crippen molar-refractivity contribution in [3.8, 4) is 0 Å². The number of aliphatic hydroxyl groups is 1. The van der Waals surface area contributed by atoms with Crippen molar-refractivity contribution in [3.63, 3.8) is 0 Å². The van der Waals surface area contributed by atoms with Gasteiger partial charge in [0.25, 0.3) is 0 Å². The van der Waals surface area contributed by atoms with E-state index < -0.39 is 0 Å². The van der Waals surface area contributed by atoms with E-state index in [9.17, 15) is 9.90 Å². The fourth-order valence-corrected chi connectivity index (χ4v) is 8.55. The molecule has 0 radical (unpaired) electrons. The molecule has 1 N–H and O–H groups in total. The number of Topliss-reactive ketones (excluding diaryl/α,β-unsaturated/α-hetero) is 1. The van der Waals surface area contributed by atoms with E-state index in [0.29, 0.717) is 35.1 Å². The average molecular weight is 415 g/mol. The zero-order chi connectivity index (χ0) is 21.5. The predicted octanol–water partition coefficient (Wildman–Crippen LogP) is 6.96. The second-order valence-corrected chi connectivity index (χ2v) is 12.3. The molecule has 2 nitrogen and oxygen atoms in total. The van der Waals surface area contributed by atoms with Crippen molar-refractivity contribution >= 4 is 5.78 Å². The van der Waals surface area contributed by atoms with E-state index in [1.165, 1.54) is 51.4 Å². The van der Waals surface area contributed by atoms with Gasteiger partial charge in [-0.1, -0.05) is 58.6 Å². The number of rotatable bonds is 6. The van der Waals surface area contributed by atoms with Crippen molar-refractivity contribution in [2.45, 2.75) is 105 Å². The summed E-state index contributed by atoms with van der Waals surface area (Å²) >= 11 is 0. The lowest BCUT2D eigenvalue weighted by atomic mass is 9.44. The molecule has 8 atom stereocenters. The number of carbonyl (C=O) groups is 1. The minimum atomic E-state index is 0.332. The van der Waals surface area contributed by atoms with Gasteiger partial charge in [-0.2, -0.15) is 0 Å². The summed E-state index contributed by atoms with van der Waals surface area (Å²) in [5.41, 5.74) is 2.66. The smallest absolute Gasteiger partial charge is 0.133 e. The monoisotopic (exact) mass is 414 g/mol. The summed E-state index contributed by atoms with van der Waals surface area (Å²) < 4.78 is 0. The summed E-state index contributed by atoms with van der Waals surface area (Å²) in [7, 11) is 0. The van der Waals surface area contributed by atoms with E-state index in [0.717, 1.165) is 49.4 Å². The highest BCUT2D eigenvalue weighted by Crippen LogP contribution is 2.65. The van der Waals surface area contributed by atoms with Crippen molar-refractivity contribution in [2.75, 3.05) is 6.61 Å². The quantitative estimate of drug-likeness (QED) is 0.477. The van der Waals surface area contributed by atoms with Gasteiger partial charge in [0.1, 0.15) is 5.78 Å². The van der Waals surface area contributed by atoms with Gasteiger partial charge in [-0.15, -0.1) is 0 Å². The first-order valence-electron chi connectivity index (χ1n) is 13.1. The predicted molar refractivity (Wildman–Crippen MR) is 124 cm³/mol. The Balaban J connectivity index is 1.50. The lowest BCUT2D eigenvalue weighted by Gasteiger charge is -2.61. The van der Waals surface area contributed by atoms with E-state index in [1.54, 1.807) is 0 Å². The molecular weight excluding hydrogens is 368 g/mol. The number of fused-ring (bicyclic) bond motifs is 5. The first-order chi connectivity index (χ1) is 14.3. The van der Waals surface area contributed by atoms with Crippen LogP contribution < -0.4 is 0 Å². The van der Waals surface area contributed by atoms with Crippen LogP contribution in [-0.4, -0.2) is 17.5 Å². The molecule has 30 heavy (non-hydrogen) atoms. The van der Waals surface area contributed by atoms with E-state index in [2.05, 4.69) is 33.8 Å². The van der Waals surface area contributed by atoms with Crippen LogP contribution in [0.3, 0.4) is 0 Å². The number of aliphatic hydroxyl groups excluding tert-OH is 1. The first-order valence-corrected chi connectivity index (χ1v) is 13.1. The number of hydrogen-bond donors (Lipinski definition) is 1. The number of hydrogen-bond acceptors (Lipinski definition) is 2. The van der Waals surface area contributed by atoms with Gasteiger partial charge in [-0.25, -0.2) is 0 Å². The highest BCUT2D eigenvalue weighted by atomic mass is 16.3. The van der Waals surface area contributed by atoms with Gasteiger partial charge in [0.05, 0.1) is 0 Å². The summed E-state index contributed by atoms with van der Waals surface area (Å²) in [6, 6.07) is 0. The van der Waals surface area contributed by atoms with Crippen LogP contribution in [0.25, 0.3) is 0 Å². The van der Waals surface area contributed by atoms with Crippen LogP contribution in [0, 0.1) is 46.3 Å². The standard InChI is InChI=1S/C28H46O2/c1-19(18-29)7-5-8-20(2)24-9-6-10-25-23-12-11-21-17-22(30)13-15-27(21,3)26(23)14-16-28(24,25)4/h12,19-21,24-26,29H,5-11,13-18H2,1-4H3. The van der Waals surface area contributed by atoms with Gasteiger partial charge in [0, 0.05) is 19.4 Å². The Morgan fingerprint density at radius 3 is 2.60 bits per heavy atom. The fraction of sp³-hybridized carbons (Fsp3) is 0.893. The summed E-state index contributed by atoms with van der Waals surface area (Å²) in [5, 5.41) is 9.35. The second kappa shape index (κ2) is 8.72. The molecule has 3 fully saturated rings. The lowest BCUT2D eigenvalue weighted by Crippen LogP contribution is -2.52. The van der Waals surface area contributed by atoms with Crippen molar-refractivity contribution in [1.82, 2.24) is 0 Å². The Labute approximate surface area is 185 Å². The summed E-state index contributed by atoms with van der Waals surface area (Å²) in [5.74, 6) is 4.72. The lowest BCUT2D eigenvalue weighted by molar-refractivity contribution is -0.127. The van der Waals surface area contributed by atoms with Crippen molar-refractivity contribution in [3.05, 3.63) is 11.6 Å². The minimum Gasteiger partial charge on any atom is -0.396 e. The van der Waals surface area contributed by atoms with Crippen LogP contribution in [0.2, 0.25) is 0 Å². The zero-order valence-electron chi connectivity index (χ0n) is 20.1. The maximum absolute atomic E-state index is 12.1. The third kappa shape index (κ3) is 3.84. The molecule has 0 aromatic heterocycles. The second-order valence-electron chi connectivity index (χ2n) is 12.3. The molecule has 0 amide bonds. The topological polar surface area (TPSA) is 37.3 Å². The Morgan fingerprint density at radius 1 is 1.07 bits per heavy atom. The molecule has 3 saturated carbocycles. The van der Waals surface area contributed by atoms with Crippen LogP contribution in [-0.2, 0) is 4.79 Å². The number of ketones is 1. The van der Waals surface area contributed by atoms with Gasteiger partial charge in [-0.3, -0.25) is 4.79 Å². The Kier molecular flexibility index (Phi) is 6.56. The SMILES string of the molecule is CC(CO)CCCC(C)C1CCCC2C3=CCC4CC(=O)CCC4(C)C3CCC21C. The normalized spacial score (nSPS) is 43.1. The van der Waals surface area contributed by atoms with Crippen LogP contribution in [0.5, 0.6) is 0 Å². The van der Waals surface area contributed by atoms with Gasteiger partial charge in [-0.05, 0) is 91.3 Å². The molecule has 4 aliphatic rings. The van der Waals surface area contributed by atoms with Crippen molar-refractivity contribution < 1.29 is 9.90 Å². The van der Waals surface area contributed by atoms with Gasteiger partial charge >= 0.3 is 0 Å². The zero-order valence-corrected chi connectivity index (χ0v) is 20.1. The summed E-state index contributed by atoms with van der Waals surface area (Å²) in [6.07, 6.45) is 17.3. The molecule has 0 spiro atoms. The summed E-state index contributed by atoms with van der Waals surface area (Å²) in [6.45, 7) is 10.2. The third-order valence-corrected chi connectivity index (χ3v) is 10.6. The van der Waals surface area contributed by atoms with E-state index in [4.69, 9.17) is 0 Å². The Hall–Kier alpha value is -0.630.